The summed E-state index contributed by atoms with van der Waals surface area (Å²) in [7, 11) is 11.9. The van der Waals surface area contributed by atoms with E-state index in [1.54, 1.807) is 0 Å². The molecule has 21 heavy (non-hydrogen) atoms. The Bertz CT molecular complexity index is 284. The highest BCUT2D eigenvalue weighted by Gasteiger charge is 2.27. The van der Waals surface area contributed by atoms with E-state index in [1.807, 2.05) is 0 Å². The molecule has 0 aliphatic carbocycles. The number of nitrogens with zero attached hydrogens (tertiary/aromatic N) is 3. The van der Waals surface area contributed by atoms with E-state index in [9.17, 15) is 0 Å². The van der Waals surface area contributed by atoms with Gasteiger partial charge < -0.3 is 13.4 Å². The van der Waals surface area contributed by atoms with E-state index in [1.165, 1.54) is 56.7 Å². The fourth-order valence-corrected chi connectivity index (χ4v) is 2.32. The molecular formula is C18H44N3+3. The van der Waals surface area contributed by atoms with Crippen LogP contribution in [0.5, 0.6) is 0 Å². The molecule has 0 spiro atoms. The van der Waals surface area contributed by atoms with Crippen molar-refractivity contribution in [2.45, 2.75) is 34.1 Å². The zero-order valence-corrected chi connectivity index (χ0v) is 16.6. The Kier molecular flexibility index (Phi) is 8.45. The molecule has 0 amide bonds. The second-order valence-corrected chi connectivity index (χ2v) is 8.92. The second kappa shape index (κ2) is 8.50. The predicted octanol–water partition coefficient (Wildman–Crippen LogP) is 2.67. The molecule has 0 saturated heterocycles. The minimum atomic E-state index is 0.819. The van der Waals surface area contributed by atoms with Crippen LogP contribution in [-0.2, 0) is 0 Å². The summed E-state index contributed by atoms with van der Waals surface area (Å²) >= 11 is 0. The topological polar surface area (TPSA) is 0 Å². The van der Waals surface area contributed by atoms with Crippen molar-refractivity contribution in [3.05, 3.63) is 0 Å². The first kappa shape index (κ1) is 20.9. The number of rotatable bonds is 11. The molecule has 0 saturated carbocycles. The molecule has 0 aromatic heterocycles. The molecule has 0 fully saturated rings. The fraction of sp³-hybridized carbons (Fsp3) is 1.00. The van der Waals surface area contributed by atoms with Crippen LogP contribution in [0.25, 0.3) is 0 Å². The quantitative estimate of drug-likeness (QED) is 0.515. The molecule has 0 aliphatic heterocycles. The lowest BCUT2D eigenvalue weighted by Crippen LogP contribution is -2.56. The molecule has 0 rings (SSSR count). The van der Waals surface area contributed by atoms with E-state index >= 15 is 0 Å². The van der Waals surface area contributed by atoms with Crippen LogP contribution < -0.4 is 0 Å². The van der Waals surface area contributed by atoms with Crippen LogP contribution in [0.2, 0.25) is 0 Å². The molecule has 3 nitrogen and oxygen atoms in total. The molecular weight excluding hydrogens is 258 g/mol. The summed E-state index contributed by atoms with van der Waals surface area (Å²) in [6, 6.07) is 0. The highest BCUT2D eigenvalue weighted by Crippen LogP contribution is 2.11. The average molecular weight is 303 g/mol. The Morgan fingerprint density at radius 2 is 1.10 bits per heavy atom. The number of hydrogen-bond donors (Lipinski definition) is 0. The molecule has 0 aliphatic rings. The first-order chi connectivity index (χ1) is 9.45. The number of likely N-dealkylation sites (N-methyl/N-ethyl adjacent to an activating group) is 3. The van der Waals surface area contributed by atoms with Crippen molar-refractivity contribution in [2.24, 2.45) is 5.92 Å². The third kappa shape index (κ3) is 9.49. The molecule has 128 valence electrons. The molecule has 1 atom stereocenters. The zero-order chi connectivity index (χ0) is 16.7. The van der Waals surface area contributed by atoms with Crippen LogP contribution in [0.3, 0.4) is 0 Å². The van der Waals surface area contributed by atoms with Crippen molar-refractivity contribution in [2.75, 3.05) is 81.1 Å². The minimum Gasteiger partial charge on any atom is -0.324 e. The molecule has 0 heterocycles. The third-order valence-corrected chi connectivity index (χ3v) is 5.42. The zero-order valence-electron chi connectivity index (χ0n) is 16.6. The van der Waals surface area contributed by atoms with E-state index in [4.69, 9.17) is 0 Å². The largest absolute Gasteiger partial charge is 0.324 e. The van der Waals surface area contributed by atoms with Gasteiger partial charge in [0.05, 0.1) is 54.9 Å². The lowest BCUT2D eigenvalue weighted by molar-refractivity contribution is -0.972. The van der Waals surface area contributed by atoms with Gasteiger partial charge in [0, 0.05) is 0 Å². The van der Waals surface area contributed by atoms with Gasteiger partial charge in [0.1, 0.15) is 26.2 Å². The number of hydrogen-bond acceptors (Lipinski definition) is 0. The molecule has 0 N–H and O–H groups in total. The first-order valence-corrected chi connectivity index (χ1v) is 8.93. The Labute approximate surface area is 135 Å². The monoisotopic (exact) mass is 302 g/mol. The summed E-state index contributed by atoms with van der Waals surface area (Å²) in [5.41, 5.74) is 0. The standard InChI is InChI=1S/C18H44N3/c1-10-19(5,6)14-15-20(7,8)16-17-21(9,11-2)13-12-18(3)4/h18H,10-17H2,1-9H3/q+3. The Hall–Kier alpha value is -0.120. The van der Waals surface area contributed by atoms with Gasteiger partial charge in [-0.05, 0) is 26.2 Å². The molecule has 0 radical (unpaired) electrons. The van der Waals surface area contributed by atoms with Gasteiger partial charge in [-0.15, -0.1) is 0 Å². The second-order valence-electron chi connectivity index (χ2n) is 8.92. The normalized spacial score (nSPS) is 16.3. The predicted molar refractivity (Wildman–Crippen MR) is 95.3 cm³/mol. The van der Waals surface area contributed by atoms with Gasteiger partial charge in [0.25, 0.3) is 0 Å². The van der Waals surface area contributed by atoms with Crippen molar-refractivity contribution in [3.8, 4) is 0 Å². The van der Waals surface area contributed by atoms with E-state index in [0.29, 0.717) is 0 Å². The summed E-state index contributed by atoms with van der Waals surface area (Å²) in [6.07, 6.45) is 1.34. The van der Waals surface area contributed by atoms with E-state index in [2.05, 4.69) is 62.9 Å². The van der Waals surface area contributed by atoms with Crippen LogP contribution >= 0.6 is 0 Å². The molecule has 0 aromatic rings. The van der Waals surface area contributed by atoms with Gasteiger partial charge in [-0.1, -0.05) is 13.8 Å². The van der Waals surface area contributed by atoms with Crippen molar-refractivity contribution >= 4 is 0 Å². The van der Waals surface area contributed by atoms with Gasteiger partial charge in [-0.2, -0.15) is 0 Å². The van der Waals surface area contributed by atoms with E-state index in [0.717, 1.165) is 14.9 Å². The van der Waals surface area contributed by atoms with Gasteiger partial charge in [0.2, 0.25) is 0 Å². The first-order valence-electron chi connectivity index (χ1n) is 8.93. The summed E-state index contributed by atoms with van der Waals surface area (Å²) in [4.78, 5) is 0. The number of quaternary nitrogens is 3. The van der Waals surface area contributed by atoms with Crippen molar-refractivity contribution in [3.63, 3.8) is 0 Å². The summed E-state index contributed by atoms with van der Waals surface area (Å²) in [6.45, 7) is 18.2. The SMILES string of the molecule is CC[N+](C)(C)CC[N+](C)(C)CC[N+](C)(CC)CCC(C)C. The minimum absolute atomic E-state index is 0.819. The van der Waals surface area contributed by atoms with Gasteiger partial charge in [0.15, 0.2) is 0 Å². The molecule has 0 aromatic carbocycles. The van der Waals surface area contributed by atoms with Gasteiger partial charge in [-0.25, -0.2) is 0 Å². The van der Waals surface area contributed by atoms with Crippen LogP contribution in [-0.4, -0.2) is 94.5 Å². The summed E-state index contributed by atoms with van der Waals surface area (Å²) in [5.74, 6) is 0.819. The summed E-state index contributed by atoms with van der Waals surface area (Å²) < 4.78 is 3.51. The van der Waals surface area contributed by atoms with E-state index in [-0.39, 0.29) is 0 Å². The fourth-order valence-electron chi connectivity index (χ4n) is 2.32. The lowest BCUT2D eigenvalue weighted by atomic mass is 10.1. The van der Waals surface area contributed by atoms with Crippen LogP contribution in [0.15, 0.2) is 0 Å². The maximum absolute atomic E-state index is 2.44. The Balaban J connectivity index is 4.37. The van der Waals surface area contributed by atoms with Crippen LogP contribution in [0.4, 0.5) is 0 Å². The summed E-state index contributed by atoms with van der Waals surface area (Å²) in [5, 5.41) is 0. The van der Waals surface area contributed by atoms with Crippen LogP contribution in [0.1, 0.15) is 34.1 Å². The lowest BCUT2D eigenvalue weighted by Gasteiger charge is -2.39. The highest BCUT2D eigenvalue weighted by molar-refractivity contribution is 4.46. The maximum Gasteiger partial charge on any atom is 0.128 e. The third-order valence-electron chi connectivity index (χ3n) is 5.42. The van der Waals surface area contributed by atoms with Crippen LogP contribution in [0, 0.1) is 5.92 Å². The van der Waals surface area contributed by atoms with Crippen molar-refractivity contribution < 1.29 is 13.4 Å². The Morgan fingerprint density at radius 1 is 0.619 bits per heavy atom. The van der Waals surface area contributed by atoms with E-state index < -0.39 is 0 Å². The molecule has 3 heteroatoms. The highest BCUT2D eigenvalue weighted by atomic mass is 15.4. The smallest absolute Gasteiger partial charge is 0.128 e. The van der Waals surface area contributed by atoms with Gasteiger partial charge in [-0.3, -0.25) is 0 Å². The van der Waals surface area contributed by atoms with Crippen molar-refractivity contribution in [1.29, 1.82) is 0 Å². The van der Waals surface area contributed by atoms with Gasteiger partial charge >= 0.3 is 0 Å². The Morgan fingerprint density at radius 3 is 1.52 bits per heavy atom. The molecule has 0 bridgehead atoms. The maximum atomic E-state index is 2.44. The average Bonchev–Trinajstić information content (AvgIpc) is 2.41. The van der Waals surface area contributed by atoms with Crippen molar-refractivity contribution in [1.82, 2.24) is 0 Å². The molecule has 1 unspecified atom stereocenters.